The third-order valence-electron chi connectivity index (χ3n) is 1.23. The SMILES string of the molecule is C=CC(=CC(C)(C)C)C(=O)OC. The highest BCUT2D eigenvalue weighted by molar-refractivity contribution is 5.91. The van der Waals surface area contributed by atoms with Crippen molar-refractivity contribution in [1.82, 2.24) is 0 Å². The van der Waals surface area contributed by atoms with Gasteiger partial charge in [0.25, 0.3) is 0 Å². The predicted molar refractivity (Wildman–Crippen MR) is 49.8 cm³/mol. The molecule has 0 saturated heterocycles. The molecule has 68 valence electrons. The second-order valence-corrected chi connectivity index (χ2v) is 3.66. The number of methoxy groups -OCH3 is 1. The first-order valence-corrected chi connectivity index (χ1v) is 3.84. The van der Waals surface area contributed by atoms with Crippen LogP contribution in [-0.4, -0.2) is 13.1 Å². The molecule has 0 heterocycles. The van der Waals surface area contributed by atoms with Crippen LogP contribution in [0.4, 0.5) is 0 Å². The summed E-state index contributed by atoms with van der Waals surface area (Å²) in [4.78, 5) is 11.1. The molecule has 0 aromatic rings. The van der Waals surface area contributed by atoms with E-state index in [-0.39, 0.29) is 11.4 Å². The Kier molecular flexibility index (Phi) is 3.74. The molecule has 0 N–H and O–H groups in total. The maximum Gasteiger partial charge on any atom is 0.337 e. The van der Waals surface area contributed by atoms with Gasteiger partial charge < -0.3 is 4.74 Å². The monoisotopic (exact) mass is 168 g/mol. The van der Waals surface area contributed by atoms with E-state index in [0.29, 0.717) is 5.57 Å². The molecule has 0 aliphatic rings. The summed E-state index contributed by atoms with van der Waals surface area (Å²) < 4.78 is 4.57. The molecule has 0 rings (SSSR count). The van der Waals surface area contributed by atoms with Gasteiger partial charge in [0, 0.05) is 0 Å². The molecule has 0 spiro atoms. The van der Waals surface area contributed by atoms with Crippen molar-refractivity contribution in [2.24, 2.45) is 5.41 Å². The first-order valence-electron chi connectivity index (χ1n) is 3.84. The molecule has 0 aliphatic heterocycles. The zero-order chi connectivity index (χ0) is 9.78. The number of rotatable bonds is 2. The van der Waals surface area contributed by atoms with Gasteiger partial charge in [0.05, 0.1) is 12.7 Å². The molecule has 0 saturated carbocycles. The highest BCUT2D eigenvalue weighted by Crippen LogP contribution is 2.18. The molecule has 2 heteroatoms. The van der Waals surface area contributed by atoms with Gasteiger partial charge in [-0.2, -0.15) is 0 Å². The largest absolute Gasteiger partial charge is 0.465 e. The third-order valence-corrected chi connectivity index (χ3v) is 1.23. The van der Waals surface area contributed by atoms with Crippen molar-refractivity contribution in [2.75, 3.05) is 7.11 Å². The lowest BCUT2D eigenvalue weighted by molar-refractivity contribution is -0.135. The second-order valence-electron chi connectivity index (χ2n) is 3.66. The van der Waals surface area contributed by atoms with Crippen LogP contribution in [0.25, 0.3) is 0 Å². The molecule has 0 atom stereocenters. The van der Waals surface area contributed by atoms with Crippen molar-refractivity contribution in [3.63, 3.8) is 0 Å². The van der Waals surface area contributed by atoms with Gasteiger partial charge in [-0.1, -0.05) is 39.5 Å². The van der Waals surface area contributed by atoms with E-state index in [2.05, 4.69) is 11.3 Å². The quantitative estimate of drug-likeness (QED) is 0.359. The van der Waals surface area contributed by atoms with Gasteiger partial charge in [-0.15, -0.1) is 0 Å². The minimum Gasteiger partial charge on any atom is -0.465 e. The van der Waals surface area contributed by atoms with Gasteiger partial charge in [0.2, 0.25) is 0 Å². The standard InChI is InChI=1S/C10H16O2/c1-6-8(9(11)12-5)7-10(2,3)4/h6-7H,1H2,2-5H3. The summed E-state index contributed by atoms with van der Waals surface area (Å²) in [7, 11) is 1.36. The molecule has 0 aromatic heterocycles. The summed E-state index contributed by atoms with van der Waals surface area (Å²) in [6.07, 6.45) is 3.35. The van der Waals surface area contributed by atoms with E-state index in [1.807, 2.05) is 26.8 Å². The Balaban J connectivity index is 4.67. The summed E-state index contributed by atoms with van der Waals surface area (Å²) >= 11 is 0. The molecule has 0 aromatic carbocycles. The Bertz CT molecular complexity index is 206. The van der Waals surface area contributed by atoms with Crippen LogP contribution in [0.3, 0.4) is 0 Å². The third kappa shape index (κ3) is 3.96. The Morgan fingerprint density at radius 3 is 2.17 bits per heavy atom. The molecular weight excluding hydrogens is 152 g/mol. The number of allylic oxidation sites excluding steroid dienone is 1. The topological polar surface area (TPSA) is 26.3 Å². The maximum atomic E-state index is 11.1. The lowest BCUT2D eigenvalue weighted by Gasteiger charge is -2.13. The predicted octanol–water partition coefficient (Wildman–Crippen LogP) is 2.32. The van der Waals surface area contributed by atoms with Crippen molar-refractivity contribution < 1.29 is 9.53 Å². The molecule has 0 amide bonds. The molecule has 2 nitrogen and oxygen atoms in total. The van der Waals surface area contributed by atoms with Crippen molar-refractivity contribution in [3.8, 4) is 0 Å². The smallest absolute Gasteiger partial charge is 0.337 e. The lowest BCUT2D eigenvalue weighted by atomic mass is 9.93. The molecule has 12 heavy (non-hydrogen) atoms. The van der Waals surface area contributed by atoms with E-state index in [1.165, 1.54) is 13.2 Å². The number of carbonyl (C=O) groups excluding carboxylic acids is 1. The van der Waals surface area contributed by atoms with Crippen LogP contribution in [-0.2, 0) is 9.53 Å². The van der Waals surface area contributed by atoms with Crippen LogP contribution >= 0.6 is 0 Å². The average molecular weight is 168 g/mol. The Morgan fingerprint density at radius 2 is 1.92 bits per heavy atom. The van der Waals surface area contributed by atoms with Crippen molar-refractivity contribution in [1.29, 1.82) is 0 Å². The normalized spacial score (nSPS) is 12.5. The Labute approximate surface area is 73.9 Å². The van der Waals surface area contributed by atoms with Crippen LogP contribution in [0.2, 0.25) is 0 Å². The highest BCUT2D eigenvalue weighted by atomic mass is 16.5. The van der Waals surface area contributed by atoms with E-state index in [1.54, 1.807) is 0 Å². The zero-order valence-corrected chi connectivity index (χ0v) is 8.18. The number of hydrogen-bond donors (Lipinski definition) is 0. The van der Waals surface area contributed by atoms with Crippen molar-refractivity contribution in [3.05, 3.63) is 24.3 Å². The first kappa shape index (κ1) is 11.0. The van der Waals surface area contributed by atoms with Gasteiger partial charge in [-0.05, 0) is 5.41 Å². The zero-order valence-electron chi connectivity index (χ0n) is 8.18. The summed E-state index contributed by atoms with van der Waals surface area (Å²) in [5.41, 5.74) is 0.488. The summed E-state index contributed by atoms with van der Waals surface area (Å²) in [5.74, 6) is -0.333. The lowest BCUT2D eigenvalue weighted by Crippen LogP contribution is -2.08. The van der Waals surface area contributed by atoms with Crippen LogP contribution < -0.4 is 0 Å². The molecule has 0 bridgehead atoms. The van der Waals surface area contributed by atoms with Crippen molar-refractivity contribution >= 4 is 5.97 Å². The van der Waals surface area contributed by atoms with Gasteiger partial charge in [-0.3, -0.25) is 0 Å². The van der Waals surface area contributed by atoms with Crippen LogP contribution in [0.1, 0.15) is 20.8 Å². The number of esters is 1. The van der Waals surface area contributed by atoms with E-state index in [0.717, 1.165) is 0 Å². The minimum atomic E-state index is -0.333. The van der Waals surface area contributed by atoms with Gasteiger partial charge >= 0.3 is 5.97 Å². The number of hydrogen-bond acceptors (Lipinski definition) is 2. The van der Waals surface area contributed by atoms with Crippen molar-refractivity contribution in [2.45, 2.75) is 20.8 Å². The first-order chi connectivity index (χ1) is 5.40. The average Bonchev–Trinajstić information content (AvgIpc) is 1.97. The van der Waals surface area contributed by atoms with Crippen LogP contribution in [0, 0.1) is 5.41 Å². The Morgan fingerprint density at radius 1 is 1.42 bits per heavy atom. The van der Waals surface area contributed by atoms with Crippen LogP contribution in [0.15, 0.2) is 24.3 Å². The van der Waals surface area contributed by atoms with Gasteiger partial charge in [-0.25, -0.2) is 4.79 Å². The number of carbonyl (C=O) groups is 1. The summed E-state index contributed by atoms with van der Waals surface area (Å²) in [6.45, 7) is 9.59. The fraction of sp³-hybridized carbons (Fsp3) is 0.500. The summed E-state index contributed by atoms with van der Waals surface area (Å²) in [5, 5.41) is 0. The summed E-state index contributed by atoms with van der Waals surface area (Å²) in [6, 6.07) is 0. The molecule has 0 fully saturated rings. The molecular formula is C10H16O2. The number of ether oxygens (including phenoxy) is 1. The maximum absolute atomic E-state index is 11.1. The fourth-order valence-electron chi connectivity index (χ4n) is 0.786. The van der Waals surface area contributed by atoms with E-state index >= 15 is 0 Å². The van der Waals surface area contributed by atoms with Gasteiger partial charge in [0.1, 0.15) is 0 Å². The minimum absolute atomic E-state index is 0.0300. The fourth-order valence-corrected chi connectivity index (χ4v) is 0.786. The molecule has 0 radical (unpaired) electrons. The highest BCUT2D eigenvalue weighted by Gasteiger charge is 2.11. The second kappa shape index (κ2) is 4.10. The van der Waals surface area contributed by atoms with E-state index < -0.39 is 0 Å². The molecule has 0 unspecified atom stereocenters. The van der Waals surface area contributed by atoms with E-state index in [9.17, 15) is 4.79 Å². The molecule has 0 aliphatic carbocycles. The van der Waals surface area contributed by atoms with Gasteiger partial charge in [0.15, 0.2) is 0 Å². The van der Waals surface area contributed by atoms with E-state index in [4.69, 9.17) is 0 Å². The Hall–Kier alpha value is -1.05. The van der Waals surface area contributed by atoms with Crippen LogP contribution in [0.5, 0.6) is 0 Å².